The lowest BCUT2D eigenvalue weighted by Crippen LogP contribution is -2.43. The van der Waals surface area contributed by atoms with Crippen LogP contribution >= 0.6 is 0 Å². The molecule has 0 radical (unpaired) electrons. The number of ether oxygens (including phenoxy) is 1. The van der Waals surface area contributed by atoms with Gasteiger partial charge in [-0.3, -0.25) is 0 Å². The average Bonchev–Trinajstić information content (AvgIpc) is 2.39. The molecule has 1 unspecified atom stereocenters. The van der Waals surface area contributed by atoms with Gasteiger partial charge in [0, 0.05) is 25.7 Å². The van der Waals surface area contributed by atoms with Crippen LogP contribution < -0.4 is 10.2 Å². The predicted octanol–water partition coefficient (Wildman–Crippen LogP) is 1.44. The Bertz CT molecular complexity index is 383. The number of hydrogen-bond donors (Lipinski definition) is 1. The van der Waals surface area contributed by atoms with E-state index in [1.54, 1.807) is 6.33 Å². The van der Waals surface area contributed by atoms with Crippen LogP contribution in [0.2, 0.25) is 0 Å². The molecule has 0 aromatic carbocycles. The first-order chi connectivity index (χ1) is 8.26. The van der Waals surface area contributed by atoms with Crippen LogP contribution in [0.15, 0.2) is 6.33 Å². The summed E-state index contributed by atoms with van der Waals surface area (Å²) >= 11 is 0. The van der Waals surface area contributed by atoms with Gasteiger partial charge in [-0.15, -0.1) is 0 Å². The number of anilines is 2. The van der Waals surface area contributed by atoms with Crippen LogP contribution in [0.1, 0.15) is 18.9 Å². The molecule has 1 atom stereocenters. The highest BCUT2D eigenvalue weighted by Crippen LogP contribution is 2.23. The fraction of sp³-hybridized carbons (Fsp3) is 0.667. The molecule has 0 spiro atoms. The Balaban J connectivity index is 2.21. The van der Waals surface area contributed by atoms with E-state index in [0.29, 0.717) is 6.10 Å². The maximum atomic E-state index is 5.67. The molecule has 2 rings (SSSR count). The summed E-state index contributed by atoms with van der Waals surface area (Å²) in [7, 11) is 1.88. The quantitative estimate of drug-likeness (QED) is 0.860. The van der Waals surface area contributed by atoms with Crippen LogP contribution in [0.25, 0.3) is 0 Å². The summed E-state index contributed by atoms with van der Waals surface area (Å²) in [6.45, 7) is 6.80. The Kier molecular flexibility index (Phi) is 3.78. The normalized spacial score (nSPS) is 20.4. The highest BCUT2D eigenvalue weighted by atomic mass is 16.5. The van der Waals surface area contributed by atoms with Crippen LogP contribution in [0, 0.1) is 6.92 Å². The molecule has 2 heterocycles. The smallest absolute Gasteiger partial charge is 0.137 e. The summed E-state index contributed by atoms with van der Waals surface area (Å²) in [5, 5.41) is 3.09. The largest absolute Gasteiger partial charge is 0.375 e. The van der Waals surface area contributed by atoms with Gasteiger partial charge in [-0.1, -0.05) is 6.92 Å². The SMILES string of the molecule is CCC1CN(c2ncnc(NC)c2C)CCO1. The van der Waals surface area contributed by atoms with Gasteiger partial charge in [0.15, 0.2) is 0 Å². The highest BCUT2D eigenvalue weighted by Gasteiger charge is 2.22. The van der Waals surface area contributed by atoms with Crippen LogP contribution in [-0.2, 0) is 4.74 Å². The molecule has 0 amide bonds. The van der Waals surface area contributed by atoms with Crippen LogP contribution in [0.4, 0.5) is 11.6 Å². The van der Waals surface area contributed by atoms with E-state index in [9.17, 15) is 0 Å². The zero-order chi connectivity index (χ0) is 12.3. The van der Waals surface area contributed by atoms with E-state index >= 15 is 0 Å². The van der Waals surface area contributed by atoms with E-state index in [2.05, 4.69) is 34.0 Å². The molecule has 1 aliphatic rings. The number of aromatic nitrogens is 2. The molecule has 1 aromatic heterocycles. The summed E-state index contributed by atoms with van der Waals surface area (Å²) in [5.74, 6) is 1.92. The van der Waals surface area contributed by atoms with E-state index in [0.717, 1.165) is 43.3 Å². The van der Waals surface area contributed by atoms with Gasteiger partial charge in [-0.25, -0.2) is 9.97 Å². The van der Waals surface area contributed by atoms with Crippen molar-refractivity contribution < 1.29 is 4.74 Å². The summed E-state index contributed by atoms with van der Waals surface area (Å²) in [6.07, 6.45) is 2.97. The molecule has 17 heavy (non-hydrogen) atoms. The van der Waals surface area contributed by atoms with E-state index in [1.165, 1.54) is 0 Å². The third-order valence-corrected chi connectivity index (χ3v) is 3.19. The van der Waals surface area contributed by atoms with E-state index < -0.39 is 0 Å². The first-order valence-corrected chi connectivity index (χ1v) is 6.12. The highest BCUT2D eigenvalue weighted by molar-refractivity contribution is 5.57. The van der Waals surface area contributed by atoms with Crippen molar-refractivity contribution in [2.24, 2.45) is 0 Å². The van der Waals surface area contributed by atoms with Crippen molar-refractivity contribution in [2.45, 2.75) is 26.4 Å². The van der Waals surface area contributed by atoms with Crippen molar-refractivity contribution in [3.63, 3.8) is 0 Å². The Morgan fingerprint density at radius 3 is 3.06 bits per heavy atom. The summed E-state index contributed by atoms with van der Waals surface area (Å²) in [4.78, 5) is 10.9. The molecule has 94 valence electrons. The molecule has 5 nitrogen and oxygen atoms in total. The molecule has 0 saturated carbocycles. The van der Waals surface area contributed by atoms with E-state index in [1.807, 2.05) is 7.05 Å². The number of rotatable bonds is 3. The van der Waals surface area contributed by atoms with Gasteiger partial charge in [-0.05, 0) is 13.3 Å². The average molecular weight is 236 g/mol. The van der Waals surface area contributed by atoms with E-state index in [4.69, 9.17) is 4.74 Å². The Morgan fingerprint density at radius 2 is 2.35 bits per heavy atom. The topological polar surface area (TPSA) is 50.3 Å². The van der Waals surface area contributed by atoms with Crippen molar-refractivity contribution in [1.82, 2.24) is 9.97 Å². The fourth-order valence-corrected chi connectivity index (χ4v) is 2.17. The van der Waals surface area contributed by atoms with Gasteiger partial charge in [0.1, 0.15) is 18.0 Å². The Morgan fingerprint density at radius 1 is 1.53 bits per heavy atom. The van der Waals surface area contributed by atoms with Crippen LogP contribution in [0.3, 0.4) is 0 Å². The second kappa shape index (κ2) is 5.31. The van der Waals surface area contributed by atoms with Gasteiger partial charge in [0.2, 0.25) is 0 Å². The van der Waals surface area contributed by atoms with Gasteiger partial charge in [0.05, 0.1) is 12.7 Å². The molecule has 0 aliphatic carbocycles. The third kappa shape index (κ3) is 2.49. The minimum absolute atomic E-state index is 0.316. The lowest BCUT2D eigenvalue weighted by molar-refractivity contribution is 0.0381. The van der Waals surface area contributed by atoms with Gasteiger partial charge < -0.3 is 15.0 Å². The van der Waals surface area contributed by atoms with Gasteiger partial charge in [0.25, 0.3) is 0 Å². The molecule has 1 aromatic rings. The summed E-state index contributed by atoms with van der Waals surface area (Å²) in [6, 6.07) is 0. The van der Waals surface area contributed by atoms with Crippen molar-refractivity contribution in [1.29, 1.82) is 0 Å². The maximum Gasteiger partial charge on any atom is 0.137 e. The standard InChI is InChI=1S/C12H20N4O/c1-4-10-7-16(5-6-17-10)12-9(2)11(13-3)14-8-15-12/h8,10H,4-7H2,1-3H3,(H,13,14,15). The molecule has 5 heteroatoms. The van der Waals surface area contributed by atoms with Crippen LogP contribution in [-0.4, -0.2) is 42.8 Å². The monoisotopic (exact) mass is 236 g/mol. The zero-order valence-corrected chi connectivity index (χ0v) is 10.7. The number of hydrogen-bond acceptors (Lipinski definition) is 5. The number of nitrogens with zero attached hydrogens (tertiary/aromatic N) is 3. The second-order valence-electron chi connectivity index (χ2n) is 4.27. The van der Waals surface area contributed by atoms with E-state index in [-0.39, 0.29) is 0 Å². The first-order valence-electron chi connectivity index (χ1n) is 6.12. The molecule has 1 N–H and O–H groups in total. The van der Waals surface area contributed by atoms with Crippen molar-refractivity contribution in [2.75, 3.05) is 37.0 Å². The fourth-order valence-electron chi connectivity index (χ4n) is 2.17. The second-order valence-corrected chi connectivity index (χ2v) is 4.27. The Labute approximate surface area is 102 Å². The van der Waals surface area contributed by atoms with Crippen molar-refractivity contribution in [3.05, 3.63) is 11.9 Å². The Hall–Kier alpha value is -1.36. The lowest BCUT2D eigenvalue weighted by atomic mass is 10.2. The maximum absolute atomic E-state index is 5.67. The van der Waals surface area contributed by atoms with Crippen molar-refractivity contribution >= 4 is 11.6 Å². The minimum atomic E-state index is 0.316. The third-order valence-electron chi connectivity index (χ3n) is 3.19. The van der Waals surface area contributed by atoms with Gasteiger partial charge in [-0.2, -0.15) is 0 Å². The van der Waals surface area contributed by atoms with Crippen molar-refractivity contribution in [3.8, 4) is 0 Å². The molecule has 1 saturated heterocycles. The predicted molar refractivity (Wildman–Crippen MR) is 68.6 cm³/mol. The zero-order valence-electron chi connectivity index (χ0n) is 10.7. The molecule has 0 bridgehead atoms. The minimum Gasteiger partial charge on any atom is -0.375 e. The number of morpholine rings is 1. The summed E-state index contributed by atoms with van der Waals surface area (Å²) < 4.78 is 5.67. The van der Waals surface area contributed by atoms with Crippen LogP contribution in [0.5, 0.6) is 0 Å². The van der Waals surface area contributed by atoms with Gasteiger partial charge >= 0.3 is 0 Å². The molecule has 1 fully saturated rings. The molecule has 1 aliphatic heterocycles. The summed E-state index contributed by atoms with van der Waals surface area (Å²) in [5.41, 5.74) is 1.10. The first kappa shape index (κ1) is 12.1. The lowest BCUT2D eigenvalue weighted by Gasteiger charge is -2.34. The molecular formula is C12H20N4O. The number of nitrogens with one attached hydrogen (secondary N) is 1. The molecular weight excluding hydrogens is 216 g/mol.